The first kappa shape index (κ1) is 17.2. The van der Waals surface area contributed by atoms with Gasteiger partial charge in [-0.1, -0.05) is 20.8 Å². The van der Waals surface area contributed by atoms with Crippen molar-refractivity contribution < 1.29 is 4.79 Å². The molecule has 0 saturated carbocycles. The molecule has 21 heavy (non-hydrogen) atoms. The highest BCUT2D eigenvalue weighted by Crippen LogP contribution is 2.28. The van der Waals surface area contributed by atoms with Gasteiger partial charge in [-0.25, -0.2) is 9.97 Å². The van der Waals surface area contributed by atoms with E-state index in [0.29, 0.717) is 0 Å². The maximum Gasteiger partial charge on any atom is 0.219 e. The smallest absolute Gasteiger partial charge is 0.219 e. The fourth-order valence-corrected chi connectivity index (χ4v) is 2.02. The summed E-state index contributed by atoms with van der Waals surface area (Å²) >= 11 is 0. The summed E-state index contributed by atoms with van der Waals surface area (Å²) in [5.74, 6) is 1.91. The second kappa shape index (κ2) is 5.87. The number of aromatic nitrogens is 2. The Labute approximate surface area is 126 Å². The van der Waals surface area contributed by atoms with Gasteiger partial charge in [0.15, 0.2) is 0 Å². The van der Waals surface area contributed by atoms with Crippen LogP contribution in [-0.4, -0.2) is 28.5 Å². The highest BCUT2D eigenvalue weighted by molar-refractivity contribution is 5.75. The molecule has 0 saturated heterocycles. The number of amides is 1. The highest BCUT2D eigenvalue weighted by atomic mass is 16.1. The molecule has 0 aliphatic rings. The Kier molecular flexibility index (Phi) is 4.81. The third-order valence-corrected chi connectivity index (χ3v) is 3.13. The number of anilines is 2. The standard InChI is InChI=1S/C15H27N5O/c1-9-11(17-7)18-13(14(2,3)4)19-12(9)20-15(5,6)8-10(16)21/h8H2,1-7H3,(H2,16,21)(H2,17,18,19,20). The van der Waals surface area contributed by atoms with Crippen LogP contribution in [0.5, 0.6) is 0 Å². The molecule has 1 aromatic heterocycles. The Bertz CT molecular complexity index is 532. The number of nitrogens with zero attached hydrogens (tertiary/aromatic N) is 2. The molecule has 1 heterocycles. The van der Waals surface area contributed by atoms with Crippen LogP contribution in [0, 0.1) is 6.92 Å². The van der Waals surface area contributed by atoms with Gasteiger partial charge in [0.2, 0.25) is 5.91 Å². The zero-order chi connectivity index (χ0) is 16.4. The van der Waals surface area contributed by atoms with Crippen LogP contribution in [0.3, 0.4) is 0 Å². The summed E-state index contributed by atoms with van der Waals surface area (Å²) in [7, 11) is 1.83. The molecular weight excluding hydrogens is 266 g/mol. The van der Waals surface area contributed by atoms with Crippen molar-refractivity contribution in [2.75, 3.05) is 17.7 Å². The molecule has 6 heteroatoms. The van der Waals surface area contributed by atoms with Crippen LogP contribution >= 0.6 is 0 Å². The van der Waals surface area contributed by atoms with E-state index in [1.807, 2.05) is 27.8 Å². The summed E-state index contributed by atoms with van der Waals surface area (Å²) in [6.45, 7) is 12.0. The molecule has 1 amide bonds. The second-order valence-corrected chi connectivity index (χ2v) is 7.02. The van der Waals surface area contributed by atoms with Gasteiger partial charge in [-0.15, -0.1) is 0 Å². The van der Waals surface area contributed by atoms with Crippen LogP contribution in [0.15, 0.2) is 0 Å². The molecule has 0 bridgehead atoms. The Morgan fingerprint density at radius 1 is 1.14 bits per heavy atom. The Hall–Kier alpha value is -1.85. The van der Waals surface area contributed by atoms with Gasteiger partial charge in [0.25, 0.3) is 0 Å². The molecular formula is C15H27N5O. The average molecular weight is 293 g/mol. The molecule has 1 aromatic rings. The van der Waals surface area contributed by atoms with Gasteiger partial charge >= 0.3 is 0 Å². The van der Waals surface area contributed by atoms with Crippen molar-refractivity contribution in [3.05, 3.63) is 11.4 Å². The van der Waals surface area contributed by atoms with Crippen molar-refractivity contribution in [2.24, 2.45) is 5.73 Å². The summed E-state index contributed by atoms with van der Waals surface area (Å²) in [4.78, 5) is 20.4. The van der Waals surface area contributed by atoms with E-state index in [-0.39, 0.29) is 17.7 Å². The first-order valence-electron chi connectivity index (χ1n) is 7.09. The van der Waals surface area contributed by atoms with E-state index >= 15 is 0 Å². The fourth-order valence-electron chi connectivity index (χ4n) is 2.02. The maximum absolute atomic E-state index is 11.2. The summed E-state index contributed by atoms with van der Waals surface area (Å²) in [6.07, 6.45) is 0.232. The van der Waals surface area contributed by atoms with E-state index in [1.54, 1.807) is 0 Å². The van der Waals surface area contributed by atoms with E-state index in [1.165, 1.54) is 0 Å². The van der Waals surface area contributed by atoms with Crippen molar-refractivity contribution in [1.82, 2.24) is 9.97 Å². The number of hydrogen-bond donors (Lipinski definition) is 3. The summed E-state index contributed by atoms with van der Waals surface area (Å²) in [6, 6.07) is 0. The van der Waals surface area contributed by atoms with Gasteiger partial charge in [0.05, 0.1) is 0 Å². The van der Waals surface area contributed by atoms with Gasteiger partial charge in [-0.2, -0.15) is 0 Å². The zero-order valence-corrected chi connectivity index (χ0v) is 14.1. The van der Waals surface area contributed by atoms with Gasteiger partial charge in [0, 0.05) is 30.0 Å². The minimum atomic E-state index is -0.467. The third kappa shape index (κ3) is 4.58. The summed E-state index contributed by atoms with van der Waals surface area (Å²) in [5.41, 5.74) is 5.59. The third-order valence-electron chi connectivity index (χ3n) is 3.13. The topological polar surface area (TPSA) is 92.9 Å². The number of primary amides is 1. The quantitative estimate of drug-likeness (QED) is 0.774. The number of carbonyl (C=O) groups excluding carboxylic acids is 1. The molecule has 1 rings (SSSR count). The van der Waals surface area contributed by atoms with Crippen LogP contribution in [0.2, 0.25) is 0 Å². The first-order chi connectivity index (χ1) is 9.46. The predicted octanol–water partition coefficient (Wildman–Crippen LogP) is 2.19. The van der Waals surface area contributed by atoms with Crippen LogP contribution in [0.1, 0.15) is 52.4 Å². The van der Waals surface area contributed by atoms with Crippen LogP contribution in [0.4, 0.5) is 11.6 Å². The first-order valence-corrected chi connectivity index (χ1v) is 7.09. The average Bonchev–Trinajstić information content (AvgIpc) is 2.28. The van der Waals surface area contributed by atoms with Crippen LogP contribution < -0.4 is 16.4 Å². The van der Waals surface area contributed by atoms with Crippen molar-refractivity contribution in [1.29, 1.82) is 0 Å². The number of rotatable bonds is 5. The van der Waals surface area contributed by atoms with Gasteiger partial charge in [-0.3, -0.25) is 4.79 Å². The van der Waals surface area contributed by atoms with Crippen LogP contribution in [0.25, 0.3) is 0 Å². The molecule has 0 aromatic carbocycles. The van der Waals surface area contributed by atoms with Crippen molar-refractivity contribution in [3.63, 3.8) is 0 Å². The van der Waals surface area contributed by atoms with Gasteiger partial charge in [0.1, 0.15) is 17.5 Å². The normalized spacial score (nSPS) is 12.1. The fraction of sp³-hybridized carbons (Fsp3) is 0.667. The molecule has 0 aliphatic carbocycles. The monoisotopic (exact) mass is 293 g/mol. The Balaban J connectivity index is 3.25. The molecule has 0 aliphatic heterocycles. The molecule has 0 unspecified atom stereocenters. The second-order valence-electron chi connectivity index (χ2n) is 7.02. The van der Waals surface area contributed by atoms with E-state index in [0.717, 1.165) is 23.0 Å². The molecule has 118 valence electrons. The van der Waals surface area contributed by atoms with E-state index in [9.17, 15) is 4.79 Å². The largest absolute Gasteiger partial charge is 0.373 e. The van der Waals surface area contributed by atoms with E-state index in [2.05, 4.69) is 41.4 Å². The maximum atomic E-state index is 11.2. The highest BCUT2D eigenvalue weighted by Gasteiger charge is 2.25. The number of carbonyl (C=O) groups is 1. The van der Waals surface area contributed by atoms with E-state index < -0.39 is 5.54 Å². The lowest BCUT2D eigenvalue weighted by Gasteiger charge is -2.28. The van der Waals surface area contributed by atoms with Crippen molar-refractivity contribution >= 4 is 17.5 Å². The van der Waals surface area contributed by atoms with Crippen molar-refractivity contribution in [2.45, 2.75) is 58.9 Å². The zero-order valence-electron chi connectivity index (χ0n) is 14.1. The molecule has 4 N–H and O–H groups in total. The molecule has 0 atom stereocenters. The Morgan fingerprint density at radius 3 is 2.10 bits per heavy atom. The van der Waals surface area contributed by atoms with Gasteiger partial charge < -0.3 is 16.4 Å². The molecule has 0 spiro atoms. The minimum Gasteiger partial charge on any atom is -0.373 e. The predicted molar refractivity (Wildman–Crippen MR) is 86.5 cm³/mol. The van der Waals surface area contributed by atoms with Gasteiger partial charge in [-0.05, 0) is 20.8 Å². The lowest BCUT2D eigenvalue weighted by molar-refractivity contribution is -0.118. The number of nitrogens with one attached hydrogen (secondary N) is 2. The summed E-state index contributed by atoms with van der Waals surface area (Å²) in [5, 5.41) is 6.41. The lowest BCUT2D eigenvalue weighted by atomic mass is 9.95. The van der Waals surface area contributed by atoms with Crippen molar-refractivity contribution in [3.8, 4) is 0 Å². The number of hydrogen-bond acceptors (Lipinski definition) is 5. The Morgan fingerprint density at radius 2 is 1.67 bits per heavy atom. The number of nitrogens with two attached hydrogens (primary N) is 1. The molecule has 6 nitrogen and oxygen atoms in total. The molecule has 0 radical (unpaired) electrons. The van der Waals surface area contributed by atoms with E-state index in [4.69, 9.17) is 5.73 Å². The summed E-state index contributed by atoms with van der Waals surface area (Å²) < 4.78 is 0. The van der Waals surface area contributed by atoms with Crippen LogP contribution in [-0.2, 0) is 10.2 Å². The lowest BCUT2D eigenvalue weighted by Crippen LogP contribution is -2.37. The SMILES string of the molecule is CNc1nc(C(C)(C)C)nc(NC(C)(C)CC(N)=O)c1C. The molecule has 0 fully saturated rings. The minimum absolute atomic E-state index is 0.163.